The van der Waals surface area contributed by atoms with Gasteiger partial charge in [-0.1, -0.05) is 11.8 Å². The van der Waals surface area contributed by atoms with Gasteiger partial charge in [-0.2, -0.15) is 4.68 Å². The number of thiophene rings is 1. The molecule has 0 saturated heterocycles. The molecule has 0 bridgehead atoms. The van der Waals surface area contributed by atoms with Crippen LogP contribution in [0.1, 0.15) is 5.82 Å². The fourth-order valence-corrected chi connectivity index (χ4v) is 4.74. The monoisotopic (exact) mass is 492 g/mol. The zero-order valence-corrected chi connectivity index (χ0v) is 17.9. The molecule has 168 valence electrons. The number of nitrogens with zero attached hydrogens (tertiary/aromatic N) is 5. The van der Waals surface area contributed by atoms with Gasteiger partial charge in [-0.15, -0.1) is 29.6 Å². The van der Waals surface area contributed by atoms with Crippen molar-refractivity contribution in [2.24, 2.45) is 0 Å². The number of hydrogen-bond acceptors (Lipinski definition) is 9. The van der Waals surface area contributed by atoms with Crippen LogP contribution in [0.5, 0.6) is 5.75 Å². The van der Waals surface area contributed by atoms with Gasteiger partial charge in [0, 0.05) is 10.9 Å². The van der Waals surface area contributed by atoms with E-state index in [0.29, 0.717) is 38.2 Å². The number of tetrazole rings is 1. The maximum absolute atomic E-state index is 12.7. The highest BCUT2D eigenvalue weighted by atomic mass is 32.2. The number of rotatable bonds is 6. The SMILES string of the molecule is O=c1[nH]c(CSc2nnnn2-c2ccc(OC(F)(F)F)cc2)nc2scc(-c3ccco3)c12. The Morgan fingerprint density at radius 3 is 2.76 bits per heavy atom. The maximum atomic E-state index is 12.7. The first kappa shape index (κ1) is 21.2. The van der Waals surface area contributed by atoms with Crippen LogP contribution in [0.25, 0.3) is 27.2 Å². The molecule has 4 aromatic heterocycles. The van der Waals surface area contributed by atoms with E-state index in [1.165, 1.54) is 58.3 Å². The van der Waals surface area contributed by atoms with Gasteiger partial charge in [0.05, 0.1) is 23.1 Å². The normalized spacial score (nSPS) is 11.8. The Morgan fingerprint density at radius 2 is 2.03 bits per heavy atom. The van der Waals surface area contributed by atoms with Crippen LogP contribution in [0.15, 0.2) is 62.4 Å². The second-order valence-electron chi connectivity index (χ2n) is 6.52. The lowest BCUT2D eigenvalue weighted by atomic mass is 10.2. The van der Waals surface area contributed by atoms with Crippen LogP contribution in [0.4, 0.5) is 13.2 Å². The number of furan rings is 1. The summed E-state index contributed by atoms with van der Waals surface area (Å²) in [5.74, 6) is 0.915. The number of aromatic amines is 1. The van der Waals surface area contributed by atoms with Gasteiger partial charge in [0.15, 0.2) is 0 Å². The molecule has 1 aromatic carbocycles. The number of hydrogen-bond donors (Lipinski definition) is 1. The van der Waals surface area contributed by atoms with Gasteiger partial charge in [-0.25, -0.2) is 4.98 Å². The van der Waals surface area contributed by atoms with Crippen LogP contribution in [0, 0.1) is 0 Å². The van der Waals surface area contributed by atoms with E-state index in [9.17, 15) is 18.0 Å². The molecule has 0 aliphatic rings. The molecule has 0 radical (unpaired) electrons. The van der Waals surface area contributed by atoms with Gasteiger partial charge >= 0.3 is 6.36 Å². The lowest BCUT2D eigenvalue weighted by Gasteiger charge is -2.09. The summed E-state index contributed by atoms with van der Waals surface area (Å²) in [6.07, 6.45) is -3.24. The van der Waals surface area contributed by atoms with Gasteiger partial charge in [0.25, 0.3) is 5.56 Å². The fraction of sp³-hybridized carbons (Fsp3) is 0.105. The van der Waals surface area contributed by atoms with Crippen molar-refractivity contribution >= 4 is 33.3 Å². The predicted octanol–water partition coefficient (Wildman–Crippen LogP) is 4.41. The lowest BCUT2D eigenvalue weighted by molar-refractivity contribution is -0.274. The number of nitrogens with one attached hydrogen (secondary N) is 1. The number of H-pyrrole nitrogens is 1. The Hall–Kier alpha value is -3.65. The molecule has 0 amide bonds. The van der Waals surface area contributed by atoms with E-state index < -0.39 is 6.36 Å². The standard InChI is InChI=1S/C19H11F3N6O3S2/c20-19(21,22)31-11-5-3-10(4-6-11)28-18(25-26-27-28)33-9-14-23-16(29)15-12(8-32-17(15)24-14)13-2-1-7-30-13/h1-8H,9H2,(H,23,24,29). The summed E-state index contributed by atoms with van der Waals surface area (Å²) in [7, 11) is 0. The van der Waals surface area contributed by atoms with Crippen LogP contribution < -0.4 is 10.3 Å². The number of fused-ring (bicyclic) bond motifs is 1. The van der Waals surface area contributed by atoms with E-state index in [-0.39, 0.29) is 17.1 Å². The Kier molecular flexibility index (Phi) is 5.38. The zero-order chi connectivity index (χ0) is 23.0. The molecule has 0 atom stereocenters. The first-order chi connectivity index (χ1) is 15.9. The number of halogens is 3. The van der Waals surface area contributed by atoms with E-state index in [0.717, 1.165) is 0 Å². The summed E-state index contributed by atoms with van der Waals surface area (Å²) in [5, 5.41) is 14.1. The van der Waals surface area contributed by atoms with E-state index in [1.54, 1.807) is 12.1 Å². The van der Waals surface area contributed by atoms with Crippen molar-refractivity contribution in [2.45, 2.75) is 17.3 Å². The maximum Gasteiger partial charge on any atom is 0.573 e. The quantitative estimate of drug-likeness (QED) is 0.347. The average molecular weight is 492 g/mol. The summed E-state index contributed by atoms with van der Waals surface area (Å²) >= 11 is 2.54. The van der Waals surface area contributed by atoms with E-state index in [2.05, 4.69) is 30.2 Å². The lowest BCUT2D eigenvalue weighted by Crippen LogP contribution is -2.17. The molecular weight excluding hydrogens is 481 g/mol. The number of alkyl halides is 3. The Bertz CT molecular complexity index is 1460. The molecule has 9 nitrogen and oxygen atoms in total. The van der Waals surface area contributed by atoms with E-state index >= 15 is 0 Å². The molecule has 0 fully saturated rings. The molecule has 0 aliphatic heterocycles. The third kappa shape index (κ3) is 4.47. The first-order valence-electron chi connectivity index (χ1n) is 9.19. The predicted molar refractivity (Wildman–Crippen MR) is 113 cm³/mol. The number of benzene rings is 1. The van der Waals surface area contributed by atoms with Gasteiger partial charge < -0.3 is 14.1 Å². The van der Waals surface area contributed by atoms with E-state index in [4.69, 9.17) is 4.42 Å². The van der Waals surface area contributed by atoms with Crippen LogP contribution in [0.3, 0.4) is 0 Å². The molecule has 0 spiro atoms. The molecule has 1 N–H and O–H groups in total. The van der Waals surface area contributed by atoms with Crippen molar-refractivity contribution in [1.82, 2.24) is 30.2 Å². The van der Waals surface area contributed by atoms with Crippen molar-refractivity contribution in [3.63, 3.8) is 0 Å². The molecule has 4 heterocycles. The van der Waals surface area contributed by atoms with Crippen molar-refractivity contribution in [3.8, 4) is 22.8 Å². The molecule has 0 unspecified atom stereocenters. The number of thioether (sulfide) groups is 1. The highest BCUT2D eigenvalue weighted by Crippen LogP contribution is 2.31. The molecule has 0 aliphatic carbocycles. The van der Waals surface area contributed by atoms with Crippen LogP contribution in [-0.4, -0.2) is 36.5 Å². The summed E-state index contributed by atoms with van der Waals surface area (Å²) in [5.41, 5.74) is 0.827. The summed E-state index contributed by atoms with van der Waals surface area (Å²) in [6, 6.07) is 8.64. The summed E-state index contributed by atoms with van der Waals surface area (Å²) in [6.45, 7) is 0. The van der Waals surface area contributed by atoms with E-state index in [1.807, 2.05) is 5.38 Å². The Labute approximate surface area is 190 Å². The second kappa shape index (κ2) is 8.37. The third-order valence-electron chi connectivity index (χ3n) is 4.37. The van der Waals surface area contributed by atoms with Gasteiger partial charge in [-0.3, -0.25) is 4.79 Å². The molecular formula is C19H11F3N6O3S2. The van der Waals surface area contributed by atoms with Crippen molar-refractivity contribution < 1.29 is 22.3 Å². The number of aromatic nitrogens is 6. The minimum absolute atomic E-state index is 0.259. The minimum Gasteiger partial charge on any atom is -0.464 e. The molecule has 5 rings (SSSR count). The van der Waals surface area contributed by atoms with Crippen LogP contribution in [-0.2, 0) is 5.75 Å². The van der Waals surface area contributed by atoms with Crippen molar-refractivity contribution in [3.05, 3.63) is 64.2 Å². The Morgan fingerprint density at radius 1 is 1.21 bits per heavy atom. The highest BCUT2D eigenvalue weighted by molar-refractivity contribution is 7.98. The van der Waals surface area contributed by atoms with Gasteiger partial charge in [0.1, 0.15) is 22.2 Å². The summed E-state index contributed by atoms with van der Waals surface area (Å²) < 4.78 is 47.6. The molecule has 5 aromatic rings. The van der Waals surface area contributed by atoms with Gasteiger partial charge in [-0.05, 0) is 46.8 Å². The van der Waals surface area contributed by atoms with Crippen LogP contribution >= 0.6 is 23.1 Å². The largest absolute Gasteiger partial charge is 0.573 e. The second-order valence-corrected chi connectivity index (χ2v) is 8.32. The average Bonchev–Trinajstić information content (AvgIpc) is 3.51. The molecule has 14 heteroatoms. The zero-order valence-electron chi connectivity index (χ0n) is 16.2. The minimum atomic E-state index is -4.77. The van der Waals surface area contributed by atoms with Crippen LogP contribution in [0.2, 0.25) is 0 Å². The Balaban J connectivity index is 1.35. The molecule has 33 heavy (non-hydrogen) atoms. The van der Waals surface area contributed by atoms with Crippen molar-refractivity contribution in [1.29, 1.82) is 0 Å². The topological polar surface area (TPSA) is 112 Å². The van der Waals surface area contributed by atoms with Crippen molar-refractivity contribution in [2.75, 3.05) is 0 Å². The summed E-state index contributed by atoms with van der Waals surface area (Å²) in [4.78, 5) is 20.5. The number of ether oxygens (including phenoxy) is 1. The highest BCUT2D eigenvalue weighted by Gasteiger charge is 2.31. The van der Waals surface area contributed by atoms with Gasteiger partial charge in [0.2, 0.25) is 5.16 Å². The third-order valence-corrected chi connectivity index (χ3v) is 6.18. The first-order valence-corrected chi connectivity index (χ1v) is 11.1. The fourth-order valence-electron chi connectivity index (χ4n) is 3.03. The molecule has 0 saturated carbocycles. The smallest absolute Gasteiger partial charge is 0.464 e.